The molecule has 1 saturated heterocycles. The number of nitrogens with zero attached hydrogens (tertiary/aromatic N) is 3. The van der Waals surface area contributed by atoms with Gasteiger partial charge in [-0.25, -0.2) is 0 Å². The Morgan fingerprint density at radius 1 is 1.04 bits per heavy atom. The summed E-state index contributed by atoms with van der Waals surface area (Å²) in [7, 11) is 4.00. The summed E-state index contributed by atoms with van der Waals surface area (Å²) in [6.07, 6.45) is 2.29. The van der Waals surface area contributed by atoms with Crippen LogP contribution in [-0.4, -0.2) is 102 Å². The molecule has 0 amide bonds. The number of ether oxygens (including phenoxy) is 2. The molecular weight excluding hydrogens is 457 g/mol. The highest BCUT2D eigenvalue weighted by Crippen LogP contribution is 2.03. The van der Waals surface area contributed by atoms with Crippen LogP contribution in [0.3, 0.4) is 0 Å². The number of guanidine groups is 1. The number of likely N-dealkylation sites (N-methyl/N-ethyl adjacent to an activating group) is 1. The summed E-state index contributed by atoms with van der Waals surface area (Å²) < 4.78 is 11.0. The normalized spacial score (nSPS) is 17.4. The Kier molecular flexibility index (Phi) is 17.8. The smallest absolute Gasteiger partial charge is 0.191 e. The number of halogens is 1. The topological polar surface area (TPSA) is 61.4 Å². The van der Waals surface area contributed by atoms with Crippen molar-refractivity contribution in [2.75, 3.05) is 86.3 Å². The van der Waals surface area contributed by atoms with E-state index in [1.807, 2.05) is 7.05 Å². The summed E-state index contributed by atoms with van der Waals surface area (Å²) in [6, 6.07) is 0. The van der Waals surface area contributed by atoms with Gasteiger partial charge in [-0.05, 0) is 19.4 Å². The van der Waals surface area contributed by atoms with Crippen molar-refractivity contribution < 1.29 is 9.47 Å². The van der Waals surface area contributed by atoms with E-state index in [2.05, 4.69) is 46.3 Å². The molecule has 0 saturated carbocycles. The first-order valence-electron chi connectivity index (χ1n) is 10.2. The Hall–Kier alpha value is -0.160. The minimum Gasteiger partial charge on any atom is -0.379 e. The van der Waals surface area contributed by atoms with Crippen LogP contribution in [0.4, 0.5) is 0 Å². The number of unbranched alkanes of at least 4 members (excludes halogenated alkanes) is 1. The maximum absolute atomic E-state index is 5.56. The van der Waals surface area contributed by atoms with Crippen molar-refractivity contribution in [2.24, 2.45) is 10.9 Å². The first-order chi connectivity index (χ1) is 12.7. The molecule has 0 radical (unpaired) electrons. The zero-order valence-corrected chi connectivity index (χ0v) is 20.2. The molecule has 1 atom stereocenters. The Labute approximate surface area is 183 Å². The lowest BCUT2D eigenvalue weighted by atomic mass is 10.1. The second-order valence-corrected chi connectivity index (χ2v) is 7.17. The lowest BCUT2D eigenvalue weighted by Gasteiger charge is -2.34. The minimum absolute atomic E-state index is 0. The fraction of sp³-hybridized carbons (Fsp3) is 0.947. The highest BCUT2D eigenvalue weighted by molar-refractivity contribution is 14.0. The van der Waals surface area contributed by atoms with Crippen LogP contribution in [0.15, 0.2) is 4.99 Å². The molecule has 2 N–H and O–H groups in total. The van der Waals surface area contributed by atoms with E-state index in [-0.39, 0.29) is 24.0 Å². The van der Waals surface area contributed by atoms with E-state index >= 15 is 0 Å². The third-order valence-corrected chi connectivity index (χ3v) is 4.56. The van der Waals surface area contributed by atoms with Crippen LogP contribution in [0.5, 0.6) is 0 Å². The number of piperazine rings is 1. The second-order valence-electron chi connectivity index (χ2n) is 7.17. The van der Waals surface area contributed by atoms with E-state index in [1.54, 1.807) is 0 Å². The molecule has 7 nitrogen and oxygen atoms in total. The fourth-order valence-electron chi connectivity index (χ4n) is 2.84. The van der Waals surface area contributed by atoms with Crippen LogP contribution < -0.4 is 10.6 Å². The third kappa shape index (κ3) is 14.5. The Bertz CT molecular complexity index is 366. The average Bonchev–Trinajstić information content (AvgIpc) is 2.64. The van der Waals surface area contributed by atoms with Crippen molar-refractivity contribution in [1.29, 1.82) is 0 Å². The molecule has 162 valence electrons. The summed E-state index contributed by atoms with van der Waals surface area (Å²) in [4.78, 5) is 9.23. The number of rotatable bonds is 13. The lowest BCUT2D eigenvalue weighted by Crippen LogP contribution is -2.47. The molecule has 8 heteroatoms. The molecule has 0 bridgehead atoms. The van der Waals surface area contributed by atoms with E-state index in [9.17, 15) is 0 Å². The number of hydrogen-bond donors (Lipinski definition) is 2. The fourth-order valence-corrected chi connectivity index (χ4v) is 2.84. The van der Waals surface area contributed by atoms with Gasteiger partial charge in [0, 0.05) is 59.5 Å². The van der Waals surface area contributed by atoms with Crippen molar-refractivity contribution in [3.05, 3.63) is 0 Å². The van der Waals surface area contributed by atoms with Crippen LogP contribution in [0.25, 0.3) is 0 Å². The molecule has 1 heterocycles. The summed E-state index contributed by atoms with van der Waals surface area (Å²) in [5, 5.41) is 6.71. The van der Waals surface area contributed by atoms with Gasteiger partial charge in [0.25, 0.3) is 0 Å². The van der Waals surface area contributed by atoms with Crippen molar-refractivity contribution in [2.45, 2.75) is 26.7 Å². The van der Waals surface area contributed by atoms with Gasteiger partial charge in [0.1, 0.15) is 0 Å². The number of nitrogens with one attached hydrogen (secondary N) is 2. The predicted octanol–water partition coefficient (Wildman–Crippen LogP) is 1.49. The monoisotopic (exact) mass is 499 g/mol. The highest BCUT2D eigenvalue weighted by Gasteiger charge is 2.16. The second kappa shape index (κ2) is 17.9. The maximum atomic E-state index is 5.56. The molecule has 0 aromatic rings. The van der Waals surface area contributed by atoms with Crippen LogP contribution in [0, 0.1) is 5.92 Å². The Balaban J connectivity index is 0.00000676. The molecular formula is C19H42IN5O2. The van der Waals surface area contributed by atoms with Gasteiger partial charge < -0.3 is 29.9 Å². The maximum Gasteiger partial charge on any atom is 0.191 e. The summed E-state index contributed by atoms with van der Waals surface area (Å²) in [5.74, 6) is 1.44. The standard InChI is InChI=1S/C19H41N5O2.HI/c1-5-6-12-25-14-15-26-13-7-21-19(20-3)22-16-18(2)17-24-10-8-23(4)9-11-24;/h18H,5-17H2,1-4H3,(H2,20,21,22);1H. The Morgan fingerprint density at radius 3 is 2.33 bits per heavy atom. The first kappa shape index (κ1) is 26.8. The van der Waals surface area contributed by atoms with Crippen molar-refractivity contribution in [3.8, 4) is 0 Å². The highest BCUT2D eigenvalue weighted by atomic mass is 127. The largest absolute Gasteiger partial charge is 0.379 e. The first-order valence-corrected chi connectivity index (χ1v) is 10.2. The lowest BCUT2D eigenvalue weighted by molar-refractivity contribution is 0.0487. The molecule has 1 unspecified atom stereocenters. The van der Waals surface area contributed by atoms with Gasteiger partial charge in [-0.1, -0.05) is 20.3 Å². The van der Waals surface area contributed by atoms with Crippen molar-refractivity contribution in [1.82, 2.24) is 20.4 Å². The van der Waals surface area contributed by atoms with E-state index in [0.717, 1.165) is 38.6 Å². The molecule has 27 heavy (non-hydrogen) atoms. The van der Waals surface area contributed by atoms with E-state index in [1.165, 1.54) is 32.6 Å². The predicted molar refractivity (Wildman–Crippen MR) is 124 cm³/mol. The van der Waals surface area contributed by atoms with Crippen LogP contribution in [0.1, 0.15) is 26.7 Å². The van der Waals surface area contributed by atoms with Crippen molar-refractivity contribution >= 4 is 29.9 Å². The molecule has 0 aromatic heterocycles. The van der Waals surface area contributed by atoms with Gasteiger partial charge in [-0.15, -0.1) is 24.0 Å². The molecule has 1 aliphatic rings. The summed E-state index contributed by atoms with van der Waals surface area (Å²) in [5.41, 5.74) is 0. The average molecular weight is 499 g/mol. The molecule has 0 aliphatic carbocycles. The number of hydrogen-bond acceptors (Lipinski definition) is 5. The molecule has 1 aliphatic heterocycles. The van der Waals surface area contributed by atoms with Crippen LogP contribution in [0.2, 0.25) is 0 Å². The van der Waals surface area contributed by atoms with Gasteiger partial charge in [-0.3, -0.25) is 4.99 Å². The van der Waals surface area contributed by atoms with Crippen molar-refractivity contribution in [3.63, 3.8) is 0 Å². The minimum atomic E-state index is 0. The van der Waals surface area contributed by atoms with E-state index in [4.69, 9.17) is 9.47 Å². The Morgan fingerprint density at radius 2 is 1.70 bits per heavy atom. The number of aliphatic imine (C=N–C) groups is 1. The summed E-state index contributed by atoms with van der Waals surface area (Å²) >= 11 is 0. The zero-order valence-electron chi connectivity index (χ0n) is 17.8. The SMILES string of the molecule is CCCCOCCOCCNC(=NC)NCC(C)CN1CCN(C)CC1.I. The van der Waals surface area contributed by atoms with Crippen LogP contribution >= 0.6 is 24.0 Å². The van der Waals surface area contributed by atoms with Crippen LogP contribution in [-0.2, 0) is 9.47 Å². The van der Waals surface area contributed by atoms with Gasteiger partial charge >= 0.3 is 0 Å². The molecule has 1 fully saturated rings. The van der Waals surface area contributed by atoms with E-state index in [0.29, 0.717) is 25.7 Å². The third-order valence-electron chi connectivity index (χ3n) is 4.56. The molecule has 0 spiro atoms. The van der Waals surface area contributed by atoms with Gasteiger partial charge in [0.05, 0.1) is 19.8 Å². The van der Waals surface area contributed by atoms with E-state index < -0.39 is 0 Å². The summed E-state index contributed by atoms with van der Waals surface area (Å²) in [6.45, 7) is 14.8. The van der Waals surface area contributed by atoms with Gasteiger partial charge in [0.15, 0.2) is 5.96 Å². The van der Waals surface area contributed by atoms with Gasteiger partial charge in [-0.2, -0.15) is 0 Å². The van der Waals surface area contributed by atoms with Gasteiger partial charge in [0.2, 0.25) is 0 Å². The zero-order chi connectivity index (χ0) is 19.0. The quantitative estimate of drug-likeness (QED) is 0.173. The molecule has 1 rings (SSSR count). The molecule has 0 aromatic carbocycles.